The number of aromatic nitrogens is 1. The number of aliphatic carboxylic acids is 1. The number of rotatable bonds is 12. The molecule has 0 unspecified atom stereocenters. The summed E-state index contributed by atoms with van der Waals surface area (Å²) in [5.74, 6) is -4.78. The van der Waals surface area contributed by atoms with E-state index >= 15 is 0 Å². The molecule has 14 heteroatoms. The lowest BCUT2D eigenvalue weighted by Crippen LogP contribution is -2.60. The number of carbonyl (C=O) groups excluding carboxylic acids is 2. The van der Waals surface area contributed by atoms with Crippen molar-refractivity contribution in [1.29, 1.82) is 0 Å². The van der Waals surface area contributed by atoms with Gasteiger partial charge in [0, 0.05) is 17.9 Å². The molecule has 3 heterocycles. The molecule has 0 amide bonds. The summed E-state index contributed by atoms with van der Waals surface area (Å²) in [5, 5.41) is 60.4. The fourth-order valence-corrected chi connectivity index (χ4v) is 4.53. The van der Waals surface area contributed by atoms with Crippen LogP contribution < -0.4 is 9.67 Å². The number of carboxylic acids is 2. The van der Waals surface area contributed by atoms with Crippen molar-refractivity contribution in [2.45, 2.75) is 56.4 Å². The first-order valence-electron chi connectivity index (χ1n) is 12.7. The van der Waals surface area contributed by atoms with Crippen molar-refractivity contribution < 1.29 is 68.5 Å². The van der Waals surface area contributed by atoms with Gasteiger partial charge < -0.3 is 54.4 Å². The average molecular weight is 580 g/mol. The van der Waals surface area contributed by atoms with Gasteiger partial charge in [0.25, 0.3) is 0 Å². The van der Waals surface area contributed by atoms with Gasteiger partial charge in [0.1, 0.15) is 31.0 Å². The zero-order valence-corrected chi connectivity index (χ0v) is 22.1. The van der Waals surface area contributed by atoms with Crippen LogP contribution in [0.1, 0.15) is 28.8 Å². The molecule has 0 saturated carbocycles. The quantitative estimate of drug-likeness (QED) is 0.102. The van der Waals surface area contributed by atoms with Crippen molar-refractivity contribution in [3.8, 4) is 0 Å². The number of aliphatic hydroxyl groups is 4. The van der Waals surface area contributed by atoms with E-state index in [4.69, 9.17) is 24.1 Å². The molecule has 0 spiro atoms. The standard InChI is InChI=1S/C27H33NO13/c1-3-16-17(7-6-14-9-15(24(35)36)11-28(10-14)8-4-5-20(30)31)18(25(37)38-2)13-39-26(16)41-27-23(34)22(33)21(32)19(12-29)40-27/h3,6-7,9-11,13,16-17,19,21-23,26-27,29,32-34H,1,4-5,8,12H2,2H3,(H-,30,31,35,36)/b7-6+/t16-,17+,19-,21-,22+,23-,26+,27+/m1/s1. The van der Waals surface area contributed by atoms with Crippen molar-refractivity contribution in [3.63, 3.8) is 0 Å². The Labute approximate surface area is 235 Å². The maximum absolute atomic E-state index is 12.6. The van der Waals surface area contributed by atoms with Gasteiger partial charge in [-0.2, -0.15) is 0 Å². The van der Waals surface area contributed by atoms with E-state index in [1.165, 1.54) is 36.1 Å². The van der Waals surface area contributed by atoms with Gasteiger partial charge in [-0.1, -0.05) is 18.2 Å². The summed E-state index contributed by atoms with van der Waals surface area (Å²) in [5.41, 5.74) is 0.307. The molecule has 1 aromatic rings. The summed E-state index contributed by atoms with van der Waals surface area (Å²) in [7, 11) is 1.17. The molecule has 1 aromatic heterocycles. The van der Waals surface area contributed by atoms with Crippen molar-refractivity contribution in [2.24, 2.45) is 11.8 Å². The number of esters is 1. The highest BCUT2D eigenvalue weighted by Crippen LogP contribution is 2.36. The fourth-order valence-electron chi connectivity index (χ4n) is 4.53. The lowest BCUT2D eigenvalue weighted by molar-refractivity contribution is -0.697. The van der Waals surface area contributed by atoms with Gasteiger partial charge in [-0.05, 0) is 6.07 Å². The number of aromatic carboxylic acids is 1. The van der Waals surface area contributed by atoms with Crippen LogP contribution in [0.3, 0.4) is 0 Å². The van der Waals surface area contributed by atoms with Gasteiger partial charge in [0.15, 0.2) is 18.7 Å². The van der Waals surface area contributed by atoms with Gasteiger partial charge in [0.2, 0.25) is 6.29 Å². The van der Waals surface area contributed by atoms with Crippen LogP contribution in [0, 0.1) is 11.8 Å². The van der Waals surface area contributed by atoms with Crippen LogP contribution >= 0.6 is 0 Å². The number of carbonyl (C=O) groups is 3. The Morgan fingerprint density at radius 3 is 2.49 bits per heavy atom. The summed E-state index contributed by atoms with van der Waals surface area (Å²) < 4.78 is 23.1. The lowest BCUT2D eigenvalue weighted by Gasteiger charge is -2.42. The smallest absolute Gasteiger partial charge is 0.337 e. The molecule has 224 valence electrons. The Kier molecular flexibility index (Phi) is 11.1. The van der Waals surface area contributed by atoms with E-state index in [2.05, 4.69) is 6.58 Å². The van der Waals surface area contributed by atoms with Gasteiger partial charge in [0.05, 0.1) is 49.4 Å². The van der Waals surface area contributed by atoms with Crippen LogP contribution in [0.4, 0.5) is 0 Å². The van der Waals surface area contributed by atoms with Gasteiger partial charge in [-0.25, -0.2) is 9.36 Å². The molecule has 14 nitrogen and oxygen atoms in total. The molecule has 2 aliphatic heterocycles. The Morgan fingerprint density at radius 1 is 1.15 bits per heavy atom. The maximum atomic E-state index is 12.6. The van der Waals surface area contributed by atoms with Gasteiger partial charge in [-0.3, -0.25) is 4.79 Å². The van der Waals surface area contributed by atoms with Gasteiger partial charge in [-0.15, -0.1) is 6.58 Å². The first-order valence-corrected chi connectivity index (χ1v) is 12.7. The molecule has 41 heavy (non-hydrogen) atoms. The average Bonchev–Trinajstić information content (AvgIpc) is 2.95. The summed E-state index contributed by atoms with van der Waals surface area (Å²) >= 11 is 0. The summed E-state index contributed by atoms with van der Waals surface area (Å²) in [6.45, 7) is 3.34. The Hall–Kier alpha value is -3.66. The lowest BCUT2D eigenvalue weighted by atomic mass is 9.83. The number of methoxy groups -OCH3 is 1. The van der Waals surface area contributed by atoms with Crippen molar-refractivity contribution in [2.75, 3.05) is 13.7 Å². The third-order valence-electron chi connectivity index (χ3n) is 6.71. The van der Waals surface area contributed by atoms with Crippen LogP contribution in [0.2, 0.25) is 0 Å². The normalized spacial score (nSPS) is 29.8. The van der Waals surface area contributed by atoms with Crippen LogP contribution in [-0.2, 0) is 35.1 Å². The number of aliphatic hydroxyl groups excluding tert-OH is 4. The molecule has 5 N–H and O–H groups in total. The minimum atomic E-state index is -1.70. The van der Waals surface area contributed by atoms with E-state index in [0.717, 1.165) is 6.26 Å². The molecule has 0 radical (unpaired) electrons. The molecule has 3 rings (SSSR count). The van der Waals surface area contributed by atoms with Crippen molar-refractivity contribution in [3.05, 3.63) is 60.2 Å². The van der Waals surface area contributed by atoms with E-state index in [9.17, 15) is 39.9 Å². The molecule has 8 atom stereocenters. The van der Waals surface area contributed by atoms with Crippen molar-refractivity contribution >= 4 is 24.0 Å². The fraction of sp³-hybridized carbons (Fsp3) is 0.481. The van der Waals surface area contributed by atoms with E-state index < -0.39 is 73.3 Å². The number of pyridine rings is 1. The summed E-state index contributed by atoms with van der Waals surface area (Å²) in [6, 6.07) is 1.34. The first-order chi connectivity index (χ1) is 19.5. The third kappa shape index (κ3) is 7.75. The monoisotopic (exact) mass is 579 g/mol. The van der Waals surface area contributed by atoms with E-state index in [0.29, 0.717) is 5.56 Å². The molecule has 1 saturated heterocycles. The van der Waals surface area contributed by atoms with Crippen LogP contribution in [0.15, 0.2) is 49.0 Å². The van der Waals surface area contributed by atoms with Crippen LogP contribution in [0.25, 0.3) is 6.08 Å². The second-order valence-electron chi connectivity index (χ2n) is 9.48. The Balaban J connectivity index is 1.91. The van der Waals surface area contributed by atoms with Crippen LogP contribution in [-0.4, -0.2) is 94.2 Å². The Morgan fingerprint density at radius 2 is 1.88 bits per heavy atom. The SMILES string of the molecule is C=C[C@H]1[C@H](O[C@@H]2O[C@H](CO)[C@@H](O)[C@H](O)[C@H]2O)OC=C(C(=O)OC)[C@H]1/C=C/c1cc(C(=O)[O-])c[n+](CCCC(=O)O)c1. The minimum absolute atomic E-state index is 0.0627. The van der Waals surface area contributed by atoms with Gasteiger partial charge >= 0.3 is 11.9 Å². The number of carboxylic acid groups (broad SMARTS) is 2. The molecular formula is C27H33NO13. The second kappa shape index (κ2) is 14.3. The summed E-state index contributed by atoms with van der Waals surface area (Å²) in [4.78, 5) is 35.0. The topological polar surface area (TPSA) is 216 Å². The number of nitrogens with zero attached hydrogens (tertiary/aromatic N) is 1. The zero-order valence-electron chi connectivity index (χ0n) is 22.1. The molecule has 1 fully saturated rings. The number of hydrogen-bond donors (Lipinski definition) is 5. The highest BCUT2D eigenvalue weighted by atomic mass is 16.8. The highest BCUT2D eigenvalue weighted by Gasteiger charge is 2.47. The zero-order chi connectivity index (χ0) is 30.3. The molecule has 0 aromatic carbocycles. The highest BCUT2D eigenvalue weighted by molar-refractivity contribution is 5.89. The van der Waals surface area contributed by atoms with E-state index in [-0.39, 0.29) is 30.5 Å². The van der Waals surface area contributed by atoms with Crippen LogP contribution in [0.5, 0.6) is 0 Å². The Bertz CT molecular complexity index is 1180. The molecule has 0 bridgehead atoms. The largest absolute Gasteiger partial charge is 0.545 e. The second-order valence-corrected chi connectivity index (χ2v) is 9.48. The number of allylic oxidation sites excluding steroid dienone is 1. The van der Waals surface area contributed by atoms with E-state index in [1.54, 1.807) is 12.3 Å². The van der Waals surface area contributed by atoms with E-state index in [1.807, 2.05) is 0 Å². The number of hydrogen-bond acceptors (Lipinski definition) is 12. The minimum Gasteiger partial charge on any atom is -0.545 e. The maximum Gasteiger partial charge on any atom is 0.337 e. The molecule has 2 aliphatic rings. The predicted molar refractivity (Wildman–Crippen MR) is 134 cm³/mol. The first kappa shape index (κ1) is 31.9. The summed E-state index contributed by atoms with van der Waals surface area (Å²) in [6.07, 6.45) is -0.291. The third-order valence-corrected chi connectivity index (χ3v) is 6.71. The van der Waals surface area contributed by atoms with Crippen molar-refractivity contribution in [1.82, 2.24) is 0 Å². The predicted octanol–water partition coefficient (Wildman–Crippen LogP) is -2.14. The number of aryl methyl sites for hydroxylation is 1. The number of ether oxygens (including phenoxy) is 4. The molecular weight excluding hydrogens is 546 g/mol. The molecule has 0 aliphatic carbocycles.